The Balaban J connectivity index is 2.28. The minimum absolute atomic E-state index is 0.139. The number of nitrogens with zero attached hydrogens (tertiary/aromatic N) is 1. The first-order valence-electron chi connectivity index (χ1n) is 5.94. The van der Waals surface area contributed by atoms with Crippen LogP contribution < -0.4 is 5.56 Å². The topological polar surface area (TPSA) is 45.8 Å². The Morgan fingerprint density at radius 2 is 2.00 bits per heavy atom. The van der Waals surface area contributed by atoms with Crippen LogP contribution >= 0.6 is 34.5 Å². The maximum Gasteiger partial charge on any atom is 0.259 e. The molecule has 6 heteroatoms. The molecule has 0 saturated heterocycles. The third-order valence-corrected chi connectivity index (χ3v) is 4.82. The molecule has 3 rings (SSSR count). The summed E-state index contributed by atoms with van der Waals surface area (Å²) in [7, 11) is 0. The monoisotopic (exact) mass is 324 g/mol. The third-order valence-electron chi connectivity index (χ3n) is 3.08. The normalized spacial score (nSPS) is 11.2. The molecule has 3 aromatic rings. The minimum atomic E-state index is -0.139. The van der Waals surface area contributed by atoms with Gasteiger partial charge in [0, 0.05) is 9.90 Å². The predicted molar refractivity (Wildman–Crippen MR) is 85.0 cm³/mol. The number of hydrogen-bond acceptors (Lipinski definition) is 3. The lowest BCUT2D eigenvalue weighted by atomic mass is 10.1. The molecule has 0 aliphatic rings. The number of aromatic amines is 1. The van der Waals surface area contributed by atoms with Gasteiger partial charge in [-0.2, -0.15) is 0 Å². The largest absolute Gasteiger partial charge is 0.309 e. The van der Waals surface area contributed by atoms with Crippen LogP contribution in [0.2, 0.25) is 5.02 Å². The van der Waals surface area contributed by atoms with Gasteiger partial charge in [0.25, 0.3) is 5.56 Å². The van der Waals surface area contributed by atoms with Crippen molar-refractivity contribution in [1.82, 2.24) is 9.97 Å². The number of H-pyrrole nitrogens is 1. The van der Waals surface area contributed by atoms with Crippen molar-refractivity contribution in [1.29, 1.82) is 0 Å². The van der Waals surface area contributed by atoms with Crippen molar-refractivity contribution >= 4 is 44.8 Å². The van der Waals surface area contributed by atoms with Crippen LogP contribution in [0.4, 0.5) is 0 Å². The van der Waals surface area contributed by atoms with Gasteiger partial charge < -0.3 is 4.98 Å². The highest BCUT2D eigenvalue weighted by Crippen LogP contribution is 2.36. The molecular weight excluding hydrogens is 315 g/mol. The summed E-state index contributed by atoms with van der Waals surface area (Å²) in [6.07, 6.45) is 0. The van der Waals surface area contributed by atoms with Crippen LogP contribution in [-0.2, 0) is 5.88 Å². The van der Waals surface area contributed by atoms with Crippen LogP contribution in [0.15, 0.2) is 29.1 Å². The number of hydrogen-bond donors (Lipinski definition) is 1. The predicted octanol–water partition coefficient (Wildman–Crippen LogP) is 4.35. The van der Waals surface area contributed by atoms with Gasteiger partial charge in [0.05, 0.1) is 11.3 Å². The van der Waals surface area contributed by atoms with E-state index in [4.69, 9.17) is 23.2 Å². The molecule has 1 aromatic carbocycles. The average Bonchev–Trinajstić information content (AvgIpc) is 2.77. The summed E-state index contributed by atoms with van der Waals surface area (Å²) in [6.45, 7) is 1.93. The van der Waals surface area contributed by atoms with Gasteiger partial charge in [0.1, 0.15) is 10.7 Å². The zero-order chi connectivity index (χ0) is 14.3. The van der Waals surface area contributed by atoms with E-state index in [-0.39, 0.29) is 11.4 Å². The SMILES string of the molecule is Cc1c(-c2ccc(Cl)cc2)sc2nc(CCl)[nH]c(=O)c12. The Hall–Kier alpha value is -1.36. The van der Waals surface area contributed by atoms with Crippen LogP contribution in [0, 0.1) is 6.92 Å². The van der Waals surface area contributed by atoms with E-state index in [0.717, 1.165) is 16.0 Å². The van der Waals surface area contributed by atoms with Gasteiger partial charge in [-0.15, -0.1) is 22.9 Å². The van der Waals surface area contributed by atoms with Gasteiger partial charge in [0.15, 0.2) is 0 Å². The number of halogens is 2. The zero-order valence-corrected chi connectivity index (χ0v) is 12.9. The van der Waals surface area contributed by atoms with Gasteiger partial charge in [-0.25, -0.2) is 4.98 Å². The Kier molecular flexibility index (Phi) is 3.54. The number of nitrogens with one attached hydrogen (secondary N) is 1. The molecule has 0 atom stereocenters. The van der Waals surface area contributed by atoms with E-state index in [2.05, 4.69) is 9.97 Å². The van der Waals surface area contributed by atoms with Gasteiger partial charge in [-0.1, -0.05) is 23.7 Å². The smallest absolute Gasteiger partial charge is 0.259 e. The second-order valence-electron chi connectivity index (χ2n) is 4.39. The molecule has 102 valence electrons. The quantitative estimate of drug-likeness (QED) is 0.712. The molecule has 0 amide bonds. The van der Waals surface area contributed by atoms with Gasteiger partial charge in [0.2, 0.25) is 0 Å². The highest BCUT2D eigenvalue weighted by atomic mass is 35.5. The lowest BCUT2D eigenvalue weighted by Gasteiger charge is -1.99. The van der Waals surface area contributed by atoms with Crippen molar-refractivity contribution in [2.24, 2.45) is 0 Å². The summed E-state index contributed by atoms with van der Waals surface area (Å²) in [5.74, 6) is 0.686. The van der Waals surface area contributed by atoms with Crippen LogP contribution in [0.5, 0.6) is 0 Å². The van der Waals surface area contributed by atoms with E-state index in [1.54, 1.807) is 0 Å². The van der Waals surface area contributed by atoms with E-state index in [1.807, 2.05) is 31.2 Å². The van der Waals surface area contributed by atoms with E-state index in [0.29, 0.717) is 21.1 Å². The van der Waals surface area contributed by atoms with E-state index >= 15 is 0 Å². The summed E-state index contributed by atoms with van der Waals surface area (Å²) in [4.78, 5) is 20.9. The van der Waals surface area contributed by atoms with Gasteiger partial charge in [-0.05, 0) is 30.2 Å². The van der Waals surface area contributed by atoms with Crippen molar-refractivity contribution in [3.05, 3.63) is 51.0 Å². The standard InChI is InChI=1S/C14H10Cl2N2OS/c1-7-11-13(19)17-10(6-15)18-14(11)20-12(7)8-2-4-9(16)5-3-8/h2-5H,6H2,1H3,(H,17,18,19). The molecule has 0 aliphatic heterocycles. The first-order valence-corrected chi connectivity index (χ1v) is 7.67. The molecule has 0 unspecified atom stereocenters. The second-order valence-corrected chi connectivity index (χ2v) is 6.09. The molecule has 3 nitrogen and oxygen atoms in total. The lowest BCUT2D eigenvalue weighted by molar-refractivity contribution is 1.04. The molecule has 1 N–H and O–H groups in total. The number of alkyl halides is 1. The number of aromatic nitrogens is 2. The summed E-state index contributed by atoms with van der Waals surface area (Å²) < 4.78 is 0. The summed E-state index contributed by atoms with van der Waals surface area (Å²) in [5.41, 5.74) is 1.82. The molecule has 0 saturated carbocycles. The molecular formula is C14H10Cl2N2OS. The average molecular weight is 325 g/mol. The highest BCUT2D eigenvalue weighted by molar-refractivity contribution is 7.22. The van der Waals surface area contributed by atoms with E-state index in [1.165, 1.54) is 11.3 Å². The maximum atomic E-state index is 12.1. The van der Waals surface area contributed by atoms with Crippen molar-refractivity contribution in [3.8, 4) is 10.4 Å². The van der Waals surface area contributed by atoms with Gasteiger partial charge >= 0.3 is 0 Å². The summed E-state index contributed by atoms with van der Waals surface area (Å²) in [5, 5.41) is 1.32. The van der Waals surface area contributed by atoms with E-state index in [9.17, 15) is 4.79 Å². The van der Waals surface area contributed by atoms with Crippen LogP contribution in [-0.4, -0.2) is 9.97 Å². The fourth-order valence-corrected chi connectivity index (χ4v) is 3.59. The van der Waals surface area contributed by atoms with Crippen LogP contribution in [0.3, 0.4) is 0 Å². The Morgan fingerprint density at radius 1 is 1.30 bits per heavy atom. The second kappa shape index (κ2) is 5.20. The number of thiophene rings is 1. The fraction of sp³-hybridized carbons (Fsp3) is 0.143. The Morgan fingerprint density at radius 3 is 2.65 bits per heavy atom. The number of benzene rings is 1. The van der Waals surface area contributed by atoms with Crippen molar-refractivity contribution in [3.63, 3.8) is 0 Å². The number of rotatable bonds is 2. The minimum Gasteiger partial charge on any atom is -0.309 e. The zero-order valence-electron chi connectivity index (χ0n) is 10.5. The van der Waals surface area contributed by atoms with Gasteiger partial charge in [-0.3, -0.25) is 4.79 Å². The van der Waals surface area contributed by atoms with E-state index < -0.39 is 0 Å². The summed E-state index contributed by atoms with van der Waals surface area (Å²) >= 11 is 13.1. The molecule has 2 heterocycles. The maximum absolute atomic E-state index is 12.1. The first-order chi connectivity index (χ1) is 9.60. The molecule has 20 heavy (non-hydrogen) atoms. The molecule has 0 radical (unpaired) electrons. The first kappa shape index (κ1) is 13.6. The molecule has 0 spiro atoms. The number of fused-ring (bicyclic) bond motifs is 1. The molecule has 0 fully saturated rings. The van der Waals surface area contributed by atoms with Crippen LogP contribution in [0.1, 0.15) is 11.4 Å². The fourth-order valence-electron chi connectivity index (χ4n) is 2.13. The lowest BCUT2D eigenvalue weighted by Crippen LogP contribution is -2.10. The Bertz CT molecular complexity index is 837. The molecule has 0 bridgehead atoms. The highest BCUT2D eigenvalue weighted by Gasteiger charge is 2.15. The van der Waals surface area contributed by atoms with Crippen LogP contribution in [0.25, 0.3) is 20.7 Å². The van der Waals surface area contributed by atoms with Crippen molar-refractivity contribution < 1.29 is 0 Å². The van der Waals surface area contributed by atoms with Crippen molar-refractivity contribution in [2.75, 3.05) is 0 Å². The molecule has 0 aliphatic carbocycles. The Labute approximate surface area is 129 Å². The summed E-state index contributed by atoms with van der Waals surface area (Å²) in [6, 6.07) is 7.55. The number of aryl methyl sites for hydroxylation is 1. The van der Waals surface area contributed by atoms with Crippen molar-refractivity contribution in [2.45, 2.75) is 12.8 Å². The molecule has 2 aromatic heterocycles. The third kappa shape index (κ3) is 2.24.